The molecule has 0 aromatic carbocycles. The lowest BCUT2D eigenvalue weighted by molar-refractivity contribution is -0.145. The summed E-state index contributed by atoms with van der Waals surface area (Å²) in [6.07, 6.45) is 5.29. The van der Waals surface area contributed by atoms with Crippen LogP contribution in [0.5, 0.6) is 0 Å². The molecule has 1 atom stereocenters. The van der Waals surface area contributed by atoms with Crippen molar-refractivity contribution in [1.82, 2.24) is 4.90 Å². The van der Waals surface area contributed by atoms with E-state index in [-0.39, 0.29) is 24.2 Å². The van der Waals surface area contributed by atoms with Crippen molar-refractivity contribution in [1.29, 1.82) is 0 Å². The van der Waals surface area contributed by atoms with Gasteiger partial charge in [-0.1, -0.05) is 13.3 Å². The Morgan fingerprint density at radius 2 is 1.95 bits per heavy atom. The highest BCUT2D eigenvalue weighted by atomic mass is 16.4. The van der Waals surface area contributed by atoms with Crippen LogP contribution in [0.4, 0.5) is 0 Å². The van der Waals surface area contributed by atoms with Crippen molar-refractivity contribution >= 4 is 17.7 Å². The van der Waals surface area contributed by atoms with Crippen molar-refractivity contribution in [2.24, 2.45) is 0 Å². The third-order valence-corrected chi connectivity index (χ3v) is 3.53. The van der Waals surface area contributed by atoms with Gasteiger partial charge in [0.1, 0.15) is 0 Å². The fourth-order valence-electron chi connectivity index (χ4n) is 2.55. The van der Waals surface area contributed by atoms with Gasteiger partial charge in [0.15, 0.2) is 0 Å². The van der Waals surface area contributed by atoms with Crippen LogP contribution in [0.15, 0.2) is 0 Å². The summed E-state index contributed by atoms with van der Waals surface area (Å²) in [4.78, 5) is 35.7. The topological polar surface area (TPSA) is 74.7 Å². The molecule has 5 nitrogen and oxygen atoms in total. The Kier molecular flexibility index (Phi) is 6.53. The second-order valence-corrected chi connectivity index (χ2v) is 5.11. The van der Waals surface area contributed by atoms with Gasteiger partial charge in [0, 0.05) is 25.4 Å². The zero-order valence-corrected chi connectivity index (χ0v) is 11.6. The molecule has 19 heavy (non-hydrogen) atoms. The number of likely N-dealkylation sites (tertiary alicyclic amines) is 1. The molecule has 108 valence electrons. The first-order chi connectivity index (χ1) is 9.06. The van der Waals surface area contributed by atoms with Gasteiger partial charge in [-0.15, -0.1) is 0 Å². The molecule has 1 fully saturated rings. The Balaban J connectivity index is 2.38. The van der Waals surface area contributed by atoms with Gasteiger partial charge in [0.2, 0.25) is 5.78 Å². The summed E-state index contributed by atoms with van der Waals surface area (Å²) in [6.45, 7) is 2.55. The molecule has 0 saturated carbocycles. The van der Waals surface area contributed by atoms with Crippen LogP contribution >= 0.6 is 0 Å². The lowest BCUT2D eigenvalue weighted by atomic mass is 10.1. The molecule has 1 rings (SSSR count). The van der Waals surface area contributed by atoms with E-state index in [1.165, 1.54) is 0 Å². The second-order valence-electron chi connectivity index (χ2n) is 5.11. The average Bonchev–Trinajstić information content (AvgIpc) is 2.82. The number of hydrogen-bond donors (Lipinski definition) is 1. The van der Waals surface area contributed by atoms with Crippen LogP contribution in [0.3, 0.4) is 0 Å². The first-order valence-electron chi connectivity index (χ1n) is 7.11. The van der Waals surface area contributed by atoms with E-state index in [4.69, 9.17) is 5.11 Å². The molecule has 1 aliphatic heterocycles. The first kappa shape index (κ1) is 15.7. The summed E-state index contributed by atoms with van der Waals surface area (Å²) in [5.41, 5.74) is 0. The van der Waals surface area contributed by atoms with Crippen LogP contribution < -0.4 is 0 Å². The van der Waals surface area contributed by atoms with E-state index >= 15 is 0 Å². The summed E-state index contributed by atoms with van der Waals surface area (Å²) >= 11 is 0. The third-order valence-electron chi connectivity index (χ3n) is 3.53. The maximum Gasteiger partial charge on any atom is 0.303 e. The van der Waals surface area contributed by atoms with Crippen molar-refractivity contribution in [3.05, 3.63) is 0 Å². The van der Waals surface area contributed by atoms with Crippen molar-refractivity contribution in [2.75, 3.05) is 6.54 Å². The maximum absolute atomic E-state index is 12.0. The molecule has 0 aromatic rings. The van der Waals surface area contributed by atoms with Crippen LogP contribution in [0.1, 0.15) is 58.3 Å². The molecular formula is C14H23NO4. The Hall–Kier alpha value is -1.39. The Morgan fingerprint density at radius 3 is 2.58 bits per heavy atom. The van der Waals surface area contributed by atoms with Crippen LogP contribution in [0.2, 0.25) is 0 Å². The van der Waals surface area contributed by atoms with E-state index in [0.717, 1.165) is 25.7 Å². The largest absolute Gasteiger partial charge is 0.481 e. The average molecular weight is 269 g/mol. The van der Waals surface area contributed by atoms with Crippen LogP contribution in [-0.2, 0) is 14.4 Å². The lowest BCUT2D eigenvalue weighted by Crippen LogP contribution is -2.39. The van der Waals surface area contributed by atoms with Gasteiger partial charge in [0.05, 0.1) is 0 Å². The van der Waals surface area contributed by atoms with E-state index < -0.39 is 5.97 Å². The van der Waals surface area contributed by atoms with E-state index in [9.17, 15) is 14.4 Å². The standard InChI is InChI=1S/C14H23NO4/c1-2-6-12(16)14(19)15-10-5-8-11(15)7-3-4-9-13(17)18/h11H,2-10H2,1H3,(H,17,18). The molecule has 1 heterocycles. The zero-order valence-electron chi connectivity index (χ0n) is 11.6. The van der Waals surface area contributed by atoms with Crippen LogP contribution in [-0.4, -0.2) is 40.3 Å². The van der Waals surface area contributed by atoms with E-state index in [1.807, 2.05) is 6.92 Å². The second kappa shape index (κ2) is 7.92. The van der Waals surface area contributed by atoms with Gasteiger partial charge in [-0.05, 0) is 32.1 Å². The number of carbonyl (C=O) groups excluding carboxylic acids is 2. The fraction of sp³-hybridized carbons (Fsp3) is 0.786. The van der Waals surface area contributed by atoms with Gasteiger partial charge in [-0.25, -0.2) is 0 Å². The summed E-state index contributed by atoms with van der Waals surface area (Å²) in [5.74, 6) is -1.42. The number of unbranched alkanes of at least 4 members (excludes halogenated alkanes) is 1. The molecule has 1 amide bonds. The monoisotopic (exact) mass is 269 g/mol. The minimum absolute atomic E-state index is 0.127. The lowest BCUT2D eigenvalue weighted by Gasteiger charge is -2.24. The van der Waals surface area contributed by atoms with Crippen LogP contribution in [0.25, 0.3) is 0 Å². The summed E-state index contributed by atoms with van der Waals surface area (Å²) in [7, 11) is 0. The molecule has 0 bridgehead atoms. The van der Waals surface area contributed by atoms with Gasteiger partial charge < -0.3 is 10.0 Å². The SMILES string of the molecule is CCCC(=O)C(=O)N1CCCC1CCCCC(=O)O. The summed E-state index contributed by atoms with van der Waals surface area (Å²) < 4.78 is 0. The number of rotatable bonds is 8. The number of hydrogen-bond acceptors (Lipinski definition) is 3. The number of nitrogens with zero attached hydrogens (tertiary/aromatic N) is 1. The van der Waals surface area contributed by atoms with Crippen LogP contribution in [0, 0.1) is 0 Å². The van der Waals surface area contributed by atoms with E-state index in [0.29, 0.717) is 25.8 Å². The van der Waals surface area contributed by atoms with Crippen molar-refractivity contribution in [2.45, 2.75) is 64.3 Å². The molecule has 1 N–H and O–H groups in total. The molecule has 1 saturated heterocycles. The number of ketones is 1. The third kappa shape index (κ3) is 5.01. The highest BCUT2D eigenvalue weighted by Gasteiger charge is 2.31. The molecule has 0 aromatic heterocycles. The number of carbonyl (C=O) groups is 3. The van der Waals surface area contributed by atoms with Crippen molar-refractivity contribution in [3.63, 3.8) is 0 Å². The number of carboxylic acid groups (broad SMARTS) is 1. The van der Waals surface area contributed by atoms with Crippen molar-refractivity contribution in [3.8, 4) is 0 Å². The molecule has 5 heteroatoms. The maximum atomic E-state index is 12.0. The Morgan fingerprint density at radius 1 is 1.21 bits per heavy atom. The van der Waals surface area contributed by atoms with Gasteiger partial charge in [0.25, 0.3) is 5.91 Å². The molecule has 0 aliphatic carbocycles. The zero-order chi connectivity index (χ0) is 14.3. The molecular weight excluding hydrogens is 246 g/mol. The quantitative estimate of drug-likeness (QED) is 0.540. The van der Waals surface area contributed by atoms with E-state index in [1.54, 1.807) is 4.90 Å². The molecule has 1 unspecified atom stereocenters. The summed E-state index contributed by atoms with van der Waals surface area (Å²) in [6, 6.07) is 0.127. The van der Waals surface area contributed by atoms with Gasteiger partial charge in [-0.3, -0.25) is 14.4 Å². The fourth-order valence-corrected chi connectivity index (χ4v) is 2.55. The highest BCUT2D eigenvalue weighted by Crippen LogP contribution is 2.23. The summed E-state index contributed by atoms with van der Waals surface area (Å²) in [5, 5.41) is 8.57. The van der Waals surface area contributed by atoms with Gasteiger partial charge in [-0.2, -0.15) is 0 Å². The van der Waals surface area contributed by atoms with Crippen molar-refractivity contribution < 1.29 is 19.5 Å². The Labute approximate surface area is 114 Å². The smallest absolute Gasteiger partial charge is 0.303 e. The highest BCUT2D eigenvalue weighted by molar-refractivity contribution is 6.36. The minimum Gasteiger partial charge on any atom is -0.481 e. The van der Waals surface area contributed by atoms with Gasteiger partial charge >= 0.3 is 5.97 Å². The number of aliphatic carboxylic acids is 1. The first-order valence-corrected chi connectivity index (χ1v) is 7.11. The normalized spacial score (nSPS) is 18.6. The molecule has 0 radical (unpaired) electrons. The Bertz CT molecular complexity index is 340. The number of carboxylic acids is 1. The predicted molar refractivity (Wildman–Crippen MR) is 70.8 cm³/mol. The molecule has 0 spiro atoms. The number of amides is 1. The molecule has 1 aliphatic rings. The predicted octanol–water partition coefficient (Wildman–Crippen LogP) is 1.99. The number of Topliss-reactive ketones (excluding diaryl/α,β-unsaturated/α-hetero) is 1. The minimum atomic E-state index is -0.780. The van der Waals surface area contributed by atoms with E-state index in [2.05, 4.69) is 0 Å².